The van der Waals surface area contributed by atoms with Crippen molar-refractivity contribution in [3.05, 3.63) is 29.7 Å². The first-order chi connectivity index (χ1) is 8.63. The maximum atomic E-state index is 10.9. The van der Waals surface area contributed by atoms with Crippen LogP contribution in [0.4, 0.5) is 0 Å². The lowest BCUT2D eigenvalue weighted by molar-refractivity contribution is 0.0690. The van der Waals surface area contributed by atoms with Gasteiger partial charge in [-0.15, -0.1) is 0 Å². The third-order valence-corrected chi connectivity index (χ3v) is 2.93. The molecule has 2 aromatic rings. The number of carboxylic acids is 1. The highest BCUT2D eigenvalue weighted by molar-refractivity contribution is 5.92. The van der Waals surface area contributed by atoms with Gasteiger partial charge >= 0.3 is 5.97 Å². The van der Waals surface area contributed by atoms with Crippen molar-refractivity contribution < 1.29 is 14.6 Å². The van der Waals surface area contributed by atoms with Gasteiger partial charge in [0.05, 0.1) is 5.52 Å². The van der Waals surface area contributed by atoms with E-state index in [1.54, 1.807) is 19.4 Å². The van der Waals surface area contributed by atoms with Crippen molar-refractivity contribution in [1.82, 2.24) is 9.55 Å². The van der Waals surface area contributed by atoms with E-state index in [9.17, 15) is 4.79 Å². The monoisotopic (exact) mass is 248 g/mol. The number of nitrogens with zero attached hydrogens (tertiary/aromatic N) is 2. The fraction of sp³-hybridized carbons (Fsp3) is 0.385. The molecule has 0 aliphatic carbocycles. The largest absolute Gasteiger partial charge is 0.477 e. The molecule has 0 aliphatic heterocycles. The molecule has 5 heteroatoms. The normalized spacial score (nSPS) is 11.0. The molecule has 0 fully saturated rings. The average molecular weight is 248 g/mol. The van der Waals surface area contributed by atoms with Gasteiger partial charge in [0.2, 0.25) is 0 Å². The van der Waals surface area contributed by atoms with Crippen LogP contribution in [0.3, 0.4) is 0 Å². The number of methoxy groups -OCH3 is 1. The smallest absolute Gasteiger partial charge is 0.354 e. The van der Waals surface area contributed by atoms with E-state index in [0.717, 1.165) is 29.4 Å². The summed E-state index contributed by atoms with van der Waals surface area (Å²) in [7, 11) is 1.67. The zero-order valence-corrected chi connectivity index (χ0v) is 10.5. The zero-order chi connectivity index (χ0) is 13.1. The fourth-order valence-electron chi connectivity index (χ4n) is 2.04. The highest BCUT2D eigenvalue weighted by Gasteiger charge is 2.10. The van der Waals surface area contributed by atoms with Crippen LogP contribution in [0.15, 0.2) is 18.5 Å². The van der Waals surface area contributed by atoms with Gasteiger partial charge in [0.15, 0.2) is 0 Å². The quantitative estimate of drug-likeness (QED) is 0.823. The van der Waals surface area contributed by atoms with Gasteiger partial charge < -0.3 is 14.4 Å². The molecule has 5 nitrogen and oxygen atoms in total. The lowest BCUT2D eigenvalue weighted by Crippen LogP contribution is -2.03. The third-order valence-electron chi connectivity index (χ3n) is 2.93. The molecule has 96 valence electrons. The van der Waals surface area contributed by atoms with Crippen molar-refractivity contribution in [3.63, 3.8) is 0 Å². The van der Waals surface area contributed by atoms with Gasteiger partial charge in [-0.25, -0.2) is 9.78 Å². The summed E-state index contributed by atoms with van der Waals surface area (Å²) in [5.41, 5.74) is 2.09. The summed E-state index contributed by atoms with van der Waals surface area (Å²) < 4.78 is 7.08. The predicted octanol–water partition coefficient (Wildman–Crippen LogP) is 2.08. The summed E-state index contributed by atoms with van der Waals surface area (Å²) in [4.78, 5) is 14.9. The summed E-state index contributed by atoms with van der Waals surface area (Å²) in [6.45, 7) is 3.49. The van der Waals surface area contributed by atoms with E-state index in [1.165, 1.54) is 0 Å². The van der Waals surface area contributed by atoms with Crippen molar-refractivity contribution in [1.29, 1.82) is 0 Å². The van der Waals surface area contributed by atoms with Crippen LogP contribution < -0.4 is 0 Å². The van der Waals surface area contributed by atoms with Gasteiger partial charge in [0.1, 0.15) is 5.69 Å². The Bertz CT molecular complexity index is 575. The summed E-state index contributed by atoms with van der Waals surface area (Å²) in [6.07, 6.45) is 4.54. The number of rotatable bonds is 5. The average Bonchev–Trinajstić information content (AvgIpc) is 2.66. The summed E-state index contributed by atoms with van der Waals surface area (Å²) in [5, 5.41) is 9.96. The second-order valence-electron chi connectivity index (χ2n) is 4.24. The molecule has 0 atom stereocenters. The van der Waals surface area contributed by atoms with Gasteiger partial charge in [-0.3, -0.25) is 0 Å². The number of hydrogen-bond acceptors (Lipinski definition) is 3. The van der Waals surface area contributed by atoms with Crippen LogP contribution in [0.1, 0.15) is 22.5 Å². The molecule has 2 heterocycles. The highest BCUT2D eigenvalue weighted by atomic mass is 16.5. The molecule has 0 spiro atoms. The second kappa shape index (κ2) is 5.18. The summed E-state index contributed by atoms with van der Waals surface area (Å²) in [6, 6.07) is 1.62. The maximum Gasteiger partial charge on any atom is 0.354 e. The van der Waals surface area contributed by atoms with E-state index in [1.807, 2.05) is 13.1 Å². The van der Waals surface area contributed by atoms with Crippen LogP contribution in [-0.2, 0) is 11.3 Å². The molecular weight excluding hydrogens is 232 g/mol. The van der Waals surface area contributed by atoms with E-state index in [0.29, 0.717) is 6.61 Å². The molecule has 0 unspecified atom stereocenters. The Balaban J connectivity index is 2.39. The van der Waals surface area contributed by atoms with Gasteiger partial charge in [0, 0.05) is 38.0 Å². The molecule has 2 aromatic heterocycles. The second-order valence-corrected chi connectivity index (χ2v) is 4.24. The van der Waals surface area contributed by atoms with Crippen LogP contribution in [0.25, 0.3) is 10.9 Å². The standard InChI is InChI=1S/C13H16N2O3/c1-9-8-15(4-3-5-18-2)12-6-11(13(16)17)14-7-10(9)12/h6-8H,3-5H2,1-2H3,(H,16,17). The molecule has 0 amide bonds. The molecule has 0 aliphatic rings. The molecule has 0 bridgehead atoms. The number of carbonyl (C=O) groups is 1. The van der Waals surface area contributed by atoms with E-state index < -0.39 is 5.97 Å². The highest BCUT2D eigenvalue weighted by Crippen LogP contribution is 2.21. The van der Waals surface area contributed by atoms with Crippen LogP contribution >= 0.6 is 0 Å². The minimum absolute atomic E-state index is 0.0774. The van der Waals surface area contributed by atoms with Crippen molar-refractivity contribution in [2.45, 2.75) is 19.9 Å². The van der Waals surface area contributed by atoms with Crippen LogP contribution in [0.2, 0.25) is 0 Å². The van der Waals surface area contributed by atoms with E-state index in [2.05, 4.69) is 9.55 Å². The van der Waals surface area contributed by atoms with E-state index >= 15 is 0 Å². The summed E-state index contributed by atoms with van der Waals surface area (Å²) in [5.74, 6) is -1.00. The Kier molecular flexibility index (Phi) is 3.62. The molecule has 1 N–H and O–H groups in total. The molecule has 0 aromatic carbocycles. The number of aromatic nitrogens is 2. The van der Waals surface area contributed by atoms with E-state index in [4.69, 9.17) is 9.84 Å². The number of aryl methyl sites for hydroxylation is 2. The third kappa shape index (κ3) is 2.36. The Morgan fingerprint density at radius 2 is 2.33 bits per heavy atom. The fourth-order valence-corrected chi connectivity index (χ4v) is 2.04. The van der Waals surface area contributed by atoms with Crippen molar-refractivity contribution in [2.24, 2.45) is 0 Å². The molecule has 2 rings (SSSR count). The minimum atomic E-state index is -1.00. The predicted molar refractivity (Wildman–Crippen MR) is 67.9 cm³/mol. The number of ether oxygens (including phenoxy) is 1. The van der Waals surface area contributed by atoms with Gasteiger partial charge in [-0.1, -0.05) is 0 Å². The molecule has 0 radical (unpaired) electrons. The van der Waals surface area contributed by atoms with Crippen molar-refractivity contribution >= 4 is 16.9 Å². The zero-order valence-electron chi connectivity index (χ0n) is 10.5. The van der Waals surface area contributed by atoms with E-state index in [-0.39, 0.29) is 5.69 Å². The number of fused-ring (bicyclic) bond motifs is 1. The first-order valence-electron chi connectivity index (χ1n) is 5.81. The van der Waals surface area contributed by atoms with Crippen molar-refractivity contribution in [2.75, 3.05) is 13.7 Å². The Morgan fingerprint density at radius 1 is 1.56 bits per heavy atom. The lowest BCUT2D eigenvalue weighted by atomic mass is 10.2. The number of carboxylic acid groups (broad SMARTS) is 1. The summed E-state index contributed by atoms with van der Waals surface area (Å²) >= 11 is 0. The lowest BCUT2D eigenvalue weighted by Gasteiger charge is -2.05. The Morgan fingerprint density at radius 3 is 3.00 bits per heavy atom. The molecule has 18 heavy (non-hydrogen) atoms. The molecule has 0 saturated heterocycles. The van der Waals surface area contributed by atoms with Crippen molar-refractivity contribution in [3.8, 4) is 0 Å². The first kappa shape index (κ1) is 12.6. The van der Waals surface area contributed by atoms with Gasteiger partial charge in [0.25, 0.3) is 0 Å². The molecule has 0 saturated carbocycles. The Labute approximate surface area is 105 Å². The Hall–Kier alpha value is -1.88. The van der Waals surface area contributed by atoms with Gasteiger partial charge in [-0.2, -0.15) is 0 Å². The number of hydrogen-bond donors (Lipinski definition) is 1. The maximum absolute atomic E-state index is 10.9. The van der Waals surface area contributed by atoms with Crippen LogP contribution in [-0.4, -0.2) is 34.3 Å². The molecular formula is C13H16N2O3. The minimum Gasteiger partial charge on any atom is -0.477 e. The van der Waals surface area contributed by atoms with Gasteiger partial charge in [-0.05, 0) is 25.0 Å². The van der Waals surface area contributed by atoms with Crippen LogP contribution in [0.5, 0.6) is 0 Å². The number of pyridine rings is 1. The topological polar surface area (TPSA) is 64.4 Å². The van der Waals surface area contributed by atoms with Crippen LogP contribution in [0, 0.1) is 6.92 Å². The SMILES string of the molecule is COCCCn1cc(C)c2cnc(C(=O)O)cc21. The number of aromatic carboxylic acids is 1. The first-order valence-corrected chi connectivity index (χ1v) is 5.81.